The molecule has 6 heteroatoms. The van der Waals surface area contributed by atoms with Crippen LogP contribution in [0.25, 0.3) is 0 Å². The summed E-state index contributed by atoms with van der Waals surface area (Å²) in [5.74, 6) is 0. The van der Waals surface area contributed by atoms with Gasteiger partial charge < -0.3 is 0 Å². The Kier molecular flexibility index (Phi) is 161. The van der Waals surface area contributed by atoms with Gasteiger partial charge in [0, 0.05) is 101 Å². The molecule has 0 aromatic heterocycles. The van der Waals surface area contributed by atoms with Crippen LogP contribution in [0.3, 0.4) is 0 Å². The molecule has 0 spiro atoms. The van der Waals surface area contributed by atoms with Gasteiger partial charge in [-0.2, -0.15) is 0 Å². The van der Waals surface area contributed by atoms with E-state index in [9.17, 15) is 0 Å². The number of hydrogen-bond donors (Lipinski definition) is 0. The summed E-state index contributed by atoms with van der Waals surface area (Å²) in [5, 5.41) is 0. The summed E-state index contributed by atoms with van der Waals surface area (Å²) in [5.41, 5.74) is 0. The zero-order chi connectivity index (χ0) is 2.00. The fourth-order valence-electron chi connectivity index (χ4n) is 0. The third-order valence-corrected chi connectivity index (χ3v) is 0. The first-order valence-corrected chi connectivity index (χ1v) is 0.532. The molecule has 0 saturated carbocycles. The molecule has 0 aliphatic rings. The molecule has 0 unspecified atom stereocenters. The van der Waals surface area contributed by atoms with Crippen molar-refractivity contribution in [3.63, 3.8) is 0 Å². The van der Waals surface area contributed by atoms with Crippen LogP contribution in [0.4, 0.5) is 0 Å². The molecule has 0 N–H and O–H groups in total. The topological polar surface area (TPSA) is 17.1 Å². The summed E-state index contributed by atoms with van der Waals surface area (Å²) in [6.45, 7) is 0. The average Bonchev–Trinajstić information content (AvgIpc) is 1.00. The molecule has 1 nitrogen and oxygen atoms in total. The Bertz CT molecular complexity index is 15.5. The molecule has 0 bridgehead atoms. The summed E-state index contributed by atoms with van der Waals surface area (Å²) in [6, 6.07) is 0. The Morgan fingerprint density at radius 2 is 1.17 bits per heavy atom. The van der Waals surface area contributed by atoms with Crippen molar-refractivity contribution in [3.05, 3.63) is 0 Å². The second-order valence-corrected chi connectivity index (χ2v) is 0. The van der Waals surface area contributed by atoms with Crippen LogP contribution in [-0.4, -0.2) is 48.9 Å². The molecule has 0 rings (SSSR count). The van der Waals surface area contributed by atoms with Gasteiger partial charge in [-0.25, -0.2) is 0 Å². The third kappa shape index (κ3) is 22.9. The Morgan fingerprint density at radius 3 is 1.17 bits per heavy atom. The van der Waals surface area contributed by atoms with E-state index in [-0.39, 0.29) is 150 Å². The summed E-state index contributed by atoms with van der Waals surface area (Å²) in [6.07, 6.45) is 0. The Morgan fingerprint density at radius 1 is 1.17 bits per heavy atom. The summed E-state index contributed by atoms with van der Waals surface area (Å²) in [4.78, 5) is 0. The van der Waals surface area contributed by atoms with Crippen LogP contribution < -0.4 is 0 Å². The Labute approximate surface area is 163 Å². The van der Waals surface area contributed by atoms with E-state index in [0.717, 1.165) is 0 Å². The Hall–Kier alpha value is 5.23. The van der Waals surface area contributed by atoms with Gasteiger partial charge in [-0.3, -0.25) is 0 Å². The van der Waals surface area contributed by atoms with Gasteiger partial charge >= 0.3 is 68.2 Å². The van der Waals surface area contributed by atoms with E-state index in [1.54, 1.807) is 0 Å². The van der Waals surface area contributed by atoms with E-state index in [1.165, 1.54) is 0 Å². The van der Waals surface area contributed by atoms with Gasteiger partial charge in [-0.1, -0.05) is 0 Å². The largest absolute Gasteiger partial charge is 0 e. The van der Waals surface area contributed by atoms with Crippen molar-refractivity contribution in [3.8, 4) is 0 Å². The molecule has 0 amide bonds. The predicted molar refractivity (Wildman–Crippen MR) is 9.23 cm³/mol. The van der Waals surface area contributed by atoms with E-state index in [0.29, 0.717) is 0 Å². The first-order chi connectivity index (χ1) is 1.00. The van der Waals surface area contributed by atoms with Crippen LogP contribution in [0.5, 0.6) is 0 Å². The van der Waals surface area contributed by atoms with Gasteiger partial charge in [0.05, 0.1) is 0 Å². The van der Waals surface area contributed by atoms with Crippen molar-refractivity contribution in [1.82, 2.24) is 0 Å². The van der Waals surface area contributed by atoms with Crippen molar-refractivity contribution in [2.75, 3.05) is 0 Å². The van der Waals surface area contributed by atoms with Gasteiger partial charge in [-0.15, -0.1) is 0 Å². The van der Waals surface area contributed by atoms with E-state index in [4.69, 9.17) is 3.90 Å². The maximum Gasteiger partial charge on any atom is 0 e. The predicted octanol–water partition coefficient (Wildman–Crippen LogP) is -1.04. The van der Waals surface area contributed by atoms with Gasteiger partial charge in [-0.05, 0) is 0 Å². The molecule has 0 aromatic rings. The fourth-order valence-corrected chi connectivity index (χ4v) is 0. The third-order valence-electron chi connectivity index (χ3n) is 0. The Balaban J connectivity index is -0.000000000833. The van der Waals surface area contributed by atoms with E-state index >= 15 is 0 Å². The molecule has 0 aromatic carbocycles. The van der Waals surface area contributed by atoms with Crippen molar-refractivity contribution in [2.24, 2.45) is 0 Å². The minimum Gasteiger partial charge on any atom is 0 e. The van der Waals surface area contributed by atoms with Crippen LogP contribution in [0, 0.1) is 41.7 Å². The second kappa shape index (κ2) is 31.9. The summed E-state index contributed by atoms with van der Waals surface area (Å²) < 4.78 is 7.88. The molecular weight excluding hydrogens is 532 g/mol. The zero-order valence-electron chi connectivity index (χ0n) is 2.30. The van der Waals surface area contributed by atoms with Gasteiger partial charge in [0.2, 0.25) is 0 Å². The van der Waals surface area contributed by atoms with Crippen LogP contribution >= 0.6 is 0 Å². The average molecular weight is 534 g/mol. The van der Waals surface area contributed by atoms with Gasteiger partial charge in [0.25, 0.3) is 0 Å². The fraction of sp³-hybridized carbons (Fsp3) is 0. The molecule has 6 heavy (non-hydrogen) atoms. The maximum absolute atomic E-state index is 7.88. The molecule has 31 valence electrons. The molecule has 1 radical (unpaired) electrons. The zero-order valence-corrected chi connectivity index (χ0v) is 11.7. The minimum atomic E-state index is 0. The SMILES string of the molecule is [BaH2].[Ce].[O]=[Ni].[Y].[Zr]. The summed E-state index contributed by atoms with van der Waals surface area (Å²) in [7, 11) is 0. The number of rotatable bonds is 0. The van der Waals surface area contributed by atoms with Crippen LogP contribution in [0.1, 0.15) is 0 Å². The van der Waals surface area contributed by atoms with E-state index in [2.05, 4.69) is 15.4 Å². The van der Waals surface area contributed by atoms with Crippen molar-refractivity contribution in [2.45, 2.75) is 0 Å². The van der Waals surface area contributed by atoms with E-state index in [1.807, 2.05) is 0 Å². The molecule has 0 aliphatic heterocycles. The maximum atomic E-state index is 7.88. The first-order valence-electron chi connectivity index (χ1n) is 0.129. The van der Waals surface area contributed by atoms with Crippen LogP contribution in [-0.2, 0) is 78.2 Å². The van der Waals surface area contributed by atoms with Gasteiger partial charge in [0.1, 0.15) is 0 Å². The molecular formula is H2BaCeNiOYZr. The van der Waals surface area contributed by atoms with E-state index < -0.39 is 0 Å². The molecule has 0 fully saturated rings. The first kappa shape index (κ1) is 30.3. The molecule has 0 aliphatic carbocycles. The second-order valence-electron chi connectivity index (χ2n) is 0. The molecule has 0 heterocycles. The van der Waals surface area contributed by atoms with Crippen LogP contribution in [0.2, 0.25) is 0 Å². The van der Waals surface area contributed by atoms with Gasteiger partial charge in [0.15, 0.2) is 0 Å². The normalized spacial score (nSPS) is 1.00. The van der Waals surface area contributed by atoms with Crippen LogP contribution in [0.15, 0.2) is 0 Å². The van der Waals surface area contributed by atoms with Crippen molar-refractivity contribution >= 4 is 48.9 Å². The quantitative estimate of drug-likeness (QED) is 0.364. The summed E-state index contributed by atoms with van der Waals surface area (Å²) >= 11 is 2.62. The molecule has 0 saturated heterocycles. The monoisotopic (exact) mass is 533 g/mol. The van der Waals surface area contributed by atoms with Crippen molar-refractivity contribution in [1.29, 1.82) is 0 Å². The number of hydrogen-bond acceptors (Lipinski definition) is 1. The molecule has 0 atom stereocenters. The minimum absolute atomic E-state index is 0. The smallest absolute Gasteiger partial charge is 0 e. The van der Waals surface area contributed by atoms with Crippen molar-refractivity contribution < 1.29 is 120 Å². The standard InChI is InChI=1S/Ba.Ce.Ni.O.Y.Zr.2H.